The van der Waals surface area contributed by atoms with Crippen LogP contribution in [0.1, 0.15) is 31.7 Å². The minimum atomic E-state index is 0.772. The lowest BCUT2D eigenvalue weighted by atomic mass is 10.2. The van der Waals surface area contributed by atoms with E-state index in [0.29, 0.717) is 0 Å². The molecule has 1 nitrogen and oxygen atoms in total. The molecule has 3 heteroatoms. The fourth-order valence-corrected chi connectivity index (χ4v) is 2.55. The largest absolute Gasteiger partial charge is 0.398 e. The SMILES string of the molecule is CCCCCSCc1cc(Cl)ccc1N. The van der Waals surface area contributed by atoms with Crippen molar-refractivity contribution in [3.63, 3.8) is 0 Å². The molecule has 0 aliphatic carbocycles. The summed E-state index contributed by atoms with van der Waals surface area (Å²) in [7, 11) is 0. The van der Waals surface area contributed by atoms with E-state index in [-0.39, 0.29) is 0 Å². The second-order valence-electron chi connectivity index (χ2n) is 3.60. The predicted molar refractivity (Wildman–Crippen MR) is 71.6 cm³/mol. The zero-order chi connectivity index (χ0) is 11.1. The molecule has 0 unspecified atom stereocenters. The number of nitrogens with two attached hydrogens (primary N) is 1. The lowest BCUT2D eigenvalue weighted by Gasteiger charge is -2.05. The van der Waals surface area contributed by atoms with Gasteiger partial charge in [-0.1, -0.05) is 31.4 Å². The number of rotatable bonds is 6. The zero-order valence-electron chi connectivity index (χ0n) is 9.13. The summed E-state index contributed by atoms with van der Waals surface area (Å²) in [5, 5.41) is 0.772. The molecule has 0 heterocycles. The molecule has 84 valence electrons. The van der Waals surface area contributed by atoms with Crippen molar-refractivity contribution in [2.45, 2.75) is 31.9 Å². The molecule has 0 aliphatic heterocycles. The van der Waals surface area contributed by atoms with Crippen molar-refractivity contribution in [1.29, 1.82) is 0 Å². The van der Waals surface area contributed by atoms with E-state index in [0.717, 1.165) is 22.0 Å². The molecular formula is C12H18ClNS. The summed E-state index contributed by atoms with van der Waals surface area (Å²) in [5.41, 5.74) is 7.86. The van der Waals surface area contributed by atoms with Crippen LogP contribution in [0.15, 0.2) is 18.2 Å². The molecule has 15 heavy (non-hydrogen) atoms. The Kier molecular flexibility index (Phi) is 5.96. The molecule has 1 rings (SSSR count). The monoisotopic (exact) mass is 243 g/mol. The highest BCUT2D eigenvalue weighted by atomic mass is 35.5. The molecule has 0 bridgehead atoms. The standard InChI is InChI=1S/C12H18ClNS/c1-2-3-4-7-15-9-10-8-11(13)5-6-12(10)14/h5-6,8H,2-4,7,9,14H2,1H3. The number of benzene rings is 1. The molecule has 1 aromatic carbocycles. The number of halogens is 1. The maximum absolute atomic E-state index is 5.91. The zero-order valence-corrected chi connectivity index (χ0v) is 10.7. The molecule has 0 amide bonds. The Balaban J connectivity index is 2.33. The minimum absolute atomic E-state index is 0.772. The van der Waals surface area contributed by atoms with Gasteiger partial charge in [0.15, 0.2) is 0 Å². The Bertz CT molecular complexity index is 302. The molecule has 0 aliphatic rings. The second kappa shape index (κ2) is 7.02. The van der Waals surface area contributed by atoms with Gasteiger partial charge in [-0.05, 0) is 35.9 Å². The van der Waals surface area contributed by atoms with E-state index in [1.807, 2.05) is 30.0 Å². The molecule has 0 spiro atoms. The van der Waals surface area contributed by atoms with Crippen LogP contribution in [0.4, 0.5) is 5.69 Å². The fourth-order valence-electron chi connectivity index (χ4n) is 1.34. The van der Waals surface area contributed by atoms with Crippen LogP contribution in [0.25, 0.3) is 0 Å². The van der Waals surface area contributed by atoms with E-state index in [2.05, 4.69) is 6.92 Å². The smallest absolute Gasteiger partial charge is 0.0410 e. The van der Waals surface area contributed by atoms with Crippen molar-refractivity contribution in [3.8, 4) is 0 Å². The van der Waals surface area contributed by atoms with E-state index in [1.165, 1.54) is 25.0 Å². The predicted octanol–water partition coefficient (Wildman–Crippen LogP) is 4.35. The Morgan fingerprint density at radius 2 is 2.13 bits per heavy atom. The van der Waals surface area contributed by atoms with Crippen LogP contribution in [0, 0.1) is 0 Å². The summed E-state index contributed by atoms with van der Waals surface area (Å²) >= 11 is 7.85. The first-order valence-corrected chi connectivity index (χ1v) is 6.89. The Morgan fingerprint density at radius 3 is 2.87 bits per heavy atom. The van der Waals surface area contributed by atoms with Gasteiger partial charge in [0.1, 0.15) is 0 Å². The third kappa shape index (κ3) is 4.80. The van der Waals surface area contributed by atoms with Crippen LogP contribution in [-0.2, 0) is 5.75 Å². The van der Waals surface area contributed by atoms with Crippen LogP contribution in [-0.4, -0.2) is 5.75 Å². The molecule has 0 fully saturated rings. The Morgan fingerprint density at radius 1 is 1.33 bits per heavy atom. The van der Waals surface area contributed by atoms with Crippen LogP contribution in [0.3, 0.4) is 0 Å². The van der Waals surface area contributed by atoms with E-state index < -0.39 is 0 Å². The number of nitrogen functional groups attached to an aromatic ring is 1. The van der Waals surface area contributed by atoms with Gasteiger partial charge in [-0.25, -0.2) is 0 Å². The van der Waals surface area contributed by atoms with Gasteiger partial charge in [-0.2, -0.15) is 11.8 Å². The minimum Gasteiger partial charge on any atom is -0.398 e. The van der Waals surface area contributed by atoms with Gasteiger partial charge in [-0.3, -0.25) is 0 Å². The van der Waals surface area contributed by atoms with Gasteiger partial charge in [0, 0.05) is 16.5 Å². The number of hydrogen-bond donors (Lipinski definition) is 1. The van der Waals surface area contributed by atoms with Crippen LogP contribution in [0.5, 0.6) is 0 Å². The highest BCUT2D eigenvalue weighted by Gasteiger charge is 2.00. The molecule has 0 saturated carbocycles. The summed E-state index contributed by atoms with van der Waals surface area (Å²) in [6.07, 6.45) is 3.89. The number of thioether (sulfide) groups is 1. The summed E-state index contributed by atoms with van der Waals surface area (Å²) in [5.74, 6) is 2.18. The lowest BCUT2D eigenvalue weighted by Crippen LogP contribution is -1.93. The first-order valence-electron chi connectivity index (χ1n) is 5.35. The highest BCUT2D eigenvalue weighted by molar-refractivity contribution is 7.98. The molecule has 1 aromatic rings. The summed E-state index contributed by atoms with van der Waals surface area (Å²) in [6, 6.07) is 5.68. The first kappa shape index (κ1) is 12.7. The van der Waals surface area contributed by atoms with Gasteiger partial charge in [0.2, 0.25) is 0 Å². The number of unbranched alkanes of at least 4 members (excludes halogenated alkanes) is 2. The summed E-state index contributed by atoms with van der Waals surface area (Å²) < 4.78 is 0. The maximum atomic E-state index is 5.91. The van der Waals surface area contributed by atoms with Gasteiger partial charge in [-0.15, -0.1) is 0 Å². The quantitative estimate of drug-likeness (QED) is 0.594. The highest BCUT2D eigenvalue weighted by Crippen LogP contribution is 2.23. The number of hydrogen-bond acceptors (Lipinski definition) is 2. The van der Waals surface area contributed by atoms with E-state index >= 15 is 0 Å². The van der Waals surface area contributed by atoms with Crippen molar-refractivity contribution in [1.82, 2.24) is 0 Å². The molecule has 0 atom stereocenters. The van der Waals surface area contributed by atoms with Crippen LogP contribution < -0.4 is 5.73 Å². The maximum Gasteiger partial charge on any atom is 0.0410 e. The third-order valence-corrected chi connectivity index (χ3v) is 3.58. The van der Waals surface area contributed by atoms with Gasteiger partial charge in [0.05, 0.1) is 0 Å². The second-order valence-corrected chi connectivity index (χ2v) is 5.14. The van der Waals surface area contributed by atoms with Gasteiger partial charge >= 0.3 is 0 Å². The van der Waals surface area contributed by atoms with Crippen LogP contribution >= 0.6 is 23.4 Å². The summed E-state index contributed by atoms with van der Waals surface area (Å²) in [6.45, 7) is 2.22. The molecular weight excluding hydrogens is 226 g/mol. The lowest BCUT2D eigenvalue weighted by molar-refractivity contribution is 0.778. The molecule has 0 aromatic heterocycles. The molecule has 2 N–H and O–H groups in total. The molecule has 0 radical (unpaired) electrons. The fraction of sp³-hybridized carbons (Fsp3) is 0.500. The van der Waals surface area contributed by atoms with Crippen molar-refractivity contribution < 1.29 is 0 Å². The topological polar surface area (TPSA) is 26.0 Å². The average Bonchev–Trinajstić information content (AvgIpc) is 2.23. The average molecular weight is 244 g/mol. The number of anilines is 1. The first-order chi connectivity index (χ1) is 7.24. The van der Waals surface area contributed by atoms with E-state index in [9.17, 15) is 0 Å². The normalized spacial score (nSPS) is 10.5. The van der Waals surface area contributed by atoms with Gasteiger partial charge in [0.25, 0.3) is 0 Å². The Hall–Kier alpha value is -0.340. The van der Waals surface area contributed by atoms with Crippen molar-refractivity contribution >= 4 is 29.1 Å². The van der Waals surface area contributed by atoms with Gasteiger partial charge < -0.3 is 5.73 Å². The van der Waals surface area contributed by atoms with Crippen molar-refractivity contribution in [2.24, 2.45) is 0 Å². The van der Waals surface area contributed by atoms with E-state index in [4.69, 9.17) is 17.3 Å². The van der Waals surface area contributed by atoms with Crippen molar-refractivity contribution in [2.75, 3.05) is 11.5 Å². The third-order valence-electron chi connectivity index (χ3n) is 2.25. The summed E-state index contributed by atoms with van der Waals surface area (Å²) in [4.78, 5) is 0. The van der Waals surface area contributed by atoms with Crippen LogP contribution in [0.2, 0.25) is 5.02 Å². The van der Waals surface area contributed by atoms with E-state index in [1.54, 1.807) is 0 Å². The van der Waals surface area contributed by atoms with Crippen molar-refractivity contribution in [3.05, 3.63) is 28.8 Å². The molecule has 0 saturated heterocycles. The Labute approximate surface area is 101 Å².